The zero-order valence-corrected chi connectivity index (χ0v) is 23.8. The van der Waals surface area contributed by atoms with E-state index in [2.05, 4.69) is 0 Å². The Balaban J connectivity index is 0. The molecule has 0 aliphatic rings. The van der Waals surface area contributed by atoms with Crippen molar-refractivity contribution in [2.75, 3.05) is 11.7 Å². The van der Waals surface area contributed by atoms with E-state index in [9.17, 15) is 8.42 Å². The quantitative estimate of drug-likeness (QED) is 0.234. The molecule has 0 N–H and O–H groups in total. The van der Waals surface area contributed by atoms with Crippen molar-refractivity contribution < 1.29 is 131 Å². The molecule has 0 radical (unpaired) electrons. The van der Waals surface area contributed by atoms with Crippen LogP contribution in [0.1, 0.15) is 6.92 Å². The minimum Gasteiger partial charge on any atom is -0.652 e. The average molecular weight is 481 g/mol. The molecular weight excluding hydrogens is 466 g/mol. The molecular formula is C16H15ClK2O6S2. The number of carbonyl (C=O) groups excluding carboxylic acids is 1. The standard InChI is InChI=1S/C15H15ClO3S2.CH2O3.2K/c1-2-21(17,18)15-8-6-14(7-9-15)20-11-19-13-5-3-4-12(16)10-13;2-1(3)4;;/h3-10H,2,11H2,1H3;(H2,2,3,4);;/q;;2*+1/p-2. The van der Waals surface area contributed by atoms with Gasteiger partial charge in [-0.1, -0.05) is 36.4 Å². The van der Waals surface area contributed by atoms with E-state index < -0.39 is 16.0 Å². The Morgan fingerprint density at radius 1 is 1.11 bits per heavy atom. The molecule has 0 aromatic heterocycles. The van der Waals surface area contributed by atoms with Gasteiger partial charge in [-0.3, -0.25) is 0 Å². The minimum absolute atomic E-state index is 0. The van der Waals surface area contributed by atoms with Crippen molar-refractivity contribution >= 4 is 39.4 Å². The van der Waals surface area contributed by atoms with Crippen LogP contribution in [0.25, 0.3) is 0 Å². The molecule has 11 heteroatoms. The van der Waals surface area contributed by atoms with E-state index in [1.54, 1.807) is 43.3 Å². The normalized spacial score (nSPS) is 9.70. The maximum atomic E-state index is 11.7. The Hall–Kier alpha value is 1.37. The number of rotatable bonds is 6. The van der Waals surface area contributed by atoms with Crippen molar-refractivity contribution in [1.29, 1.82) is 0 Å². The van der Waals surface area contributed by atoms with Gasteiger partial charge in [0.2, 0.25) is 0 Å². The van der Waals surface area contributed by atoms with E-state index in [1.807, 2.05) is 12.1 Å². The van der Waals surface area contributed by atoms with E-state index >= 15 is 0 Å². The molecule has 2 aromatic carbocycles. The van der Waals surface area contributed by atoms with Gasteiger partial charge in [0.25, 0.3) is 0 Å². The first-order chi connectivity index (χ1) is 11.7. The summed E-state index contributed by atoms with van der Waals surface area (Å²) in [6.45, 7) is 1.64. The topological polar surface area (TPSA) is 107 Å². The third-order valence-corrected chi connectivity index (χ3v) is 5.64. The molecule has 0 heterocycles. The first kappa shape index (κ1) is 30.6. The van der Waals surface area contributed by atoms with Crippen molar-refractivity contribution in [3.05, 3.63) is 53.6 Å². The number of halogens is 1. The summed E-state index contributed by atoms with van der Waals surface area (Å²) >= 11 is 7.36. The van der Waals surface area contributed by atoms with Crippen LogP contribution in [-0.4, -0.2) is 26.3 Å². The van der Waals surface area contributed by atoms with Gasteiger partial charge in [0.05, 0.1) is 10.6 Å². The van der Waals surface area contributed by atoms with Gasteiger partial charge in [-0.2, -0.15) is 0 Å². The second kappa shape index (κ2) is 16.1. The molecule has 136 valence electrons. The Kier molecular flexibility index (Phi) is 18.2. The van der Waals surface area contributed by atoms with E-state index in [4.69, 9.17) is 31.3 Å². The number of carboxylic acid groups (broad SMARTS) is 2. The summed E-state index contributed by atoms with van der Waals surface area (Å²) in [6, 6.07) is 14.0. The summed E-state index contributed by atoms with van der Waals surface area (Å²) < 4.78 is 29.0. The molecule has 0 fully saturated rings. The third-order valence-electron chi connectivity index (χ3n) is 2.81. The fraction of sp³-hybridized carbons (Fsp3) is 0.188. The Morgan fingerprint density at radius 3 is 2.15 bits per heavy atom. The molecule has 0 saturated carbocycles. The van der Waals surface area contributed by atoms with Crippen molar-refractivity contribution in [1.82, 2.24) is 0 Å². The van der Waals surface area contributed by atoms with Crippen molar-refractivity contribution in [3.8, 4) is 5.75 Å². The van der Waals surface area contributed by atoms with E-state index in [0.29, 0.717) is 21.6 Å². The Labute approximate surface area is 253 Å². The van der Waals surface area contributed by atoms with Crippen molar-refractivity contribution in [2.45, 2.75) is 16.7 Å². The van der Waals surface area contributed by atoms with Crippen LogP contribution in [0, 0.1) is 0 Å². The minimum atomic E-state index is -3.14. The average Bonchev–Trinajstić information content (AvgIpc) is 2.55. The molecule has 0 atom stereocenters. The van der Waals surface area contributed by atoms with Gasteiger partial charge in [-0.25, -0.2) is 8.42 Å². The maximum Gasteiger partial charge on any atom is 1.00 e. The van der Waals surface area contributed by atoms with Crippen LogP contribution in [-0.2, 0) is 9.84 Å². The van der Waals surface area contributed by atoms with Gasteiger partial charge in [0.1, 0.15) is 11.7 Å². The summed E-state index contributed by atoms with van der Waals surface area (Å²) in [5, 5.41) is 17.3. The van der Waals surface area contributed by atoms with Crippen molar-refractivity contribution in [3.63, 3.8) is 0 Å². The molecule has 6 nitrogen and oxygen atoms in total. The van der Waals surface area contributed by atoms with Crippen LogP contribution in [0.4, 0.5) is 4.79 Å². The Morgan fingerprint density at radius 2 is 1.67 bits per heavy atom. The van der Waals surface area contributed by atoms with Crippen LogP contribution in [0.2, 0.25) is 5.02 Å². The van der Waals surface area contributed by atoms with Gasteiger partial charge in [-0.05, 0) is 48.6 Å². The summed E-state index contributed by atoms with van der Waals surface area (Å²) in [7, 11) is -3.14. The molecule has 0 saturated heterocycles. The number of benzene rings is 2. The van der Waals surface area contributed by atoms with E-state index in [1.165, 1.54) is 11.8 Å². The summed E-state index contributed by atoms with van der Waals surface area (Å²) in [4.78, 5) is 9.64. The maximum absolute atomic E-state index is 11.7. The number of thioether (sulfide) groups is 1. The predicted octanol–water partition coefficient (Wildman–Crippen LogP) is -4.18. The number of carbonyl (C=O) groups is 1. The predicted molar refractivity (Wildman–Crippen MR) is 92.4 cm³/mol. The fourth-order valence-corrected chi connectivity index (χ4v) is 3.36. The zero-order chi connectivity index (χ0) is 18.9. The number of hydrogen-bond acceptors (Lipinski definition) is 7. The van der Waals surface area contributed by atoms with Crippen LogP contribution in [0.3, 0.4) is 0 Å². The molecule has 2 rings (SSSR count). The van der Waals surface area contributed by atoms with Crippen LogP contribution in [0.15, 0.2) is 58.3 Å². The van der Waals surface area contributed by atoms with E-state index in [0.717, 1.165) is 4.90 Å². The van der Waals surface area contributed by atoms with Crippen molar-refractivity contribution in [2.24, 2.45) is 0 Å². The summed E-state index contributed by atoms with van der Waals surface area (Å²) in [6.07, 6.45) is -2.33. The van der Waals surface area contributed by atoms with Gasteiger partial charge >= 0.3 is 103 Å². The molecule has 0 aliphatic carbocycles. The first-order valence-electron chi connectivity index (χ1n) is 6.96. The zero-order valence-electron chi connectivity index (χ0n) is 15.2. The second-order valence-electron chi connectivity index (χ2n) is 4.49. The first-order valence-corrected chi connectivity index (χ1v) is 9.98. The van der Waals surface area contributed by atoms with Gasteiger partial charge < -0.3 is 19.7 Å². The van der Waals surface area contributed by atoms with Crippen LogP contribution < -0.4 is 118 Å². The monoisotopic (exact) mass is 480 g/mol. The summed E-state index contributed by atoms with van der Waals surface area (Å²) in [5.41, 5.74) is 0. The molecule has 0 aliphatic heterocycles. The Bertz CT molecular complexity index is 797. The number of ether oxygens (including phenoxy) is 1. The van der Waals surface area contributed by atoms with Crippen LogP contribution >= 0.6 is 23.4 Å². The van der Waals surface area contributed by atoms with Crippen LogP contribution in [0.5, 0.6) is 5.75 Å². The van der Waals surface area contributed by atoms with Gasteiger partial charge in [0.15, 0.2) is 9.84 Å². The second-order valence-corrected chi connectivity index (χ2v) is 8.20. The number of hydrogen-bond donors (Lipinski definition) is 0. The fourth-order valence-electron chi connectivity index (χ4n) is 1.63. The SMILES string of the molecule is CCS(=O)(=O)c1ccc(SCOc2cccc(Cl)c2)cc1.O=C([O-])[O-].[K+].[K+]. The van der Waals surface area contributed by atoms with Gasteiger partial charge in [0, 0.05) is 9.92 Å². The largest absolute Gasteiger partial charge is 1.00 e. The molecule has 0 bridgehead atoms. The molecule has 0 spiro atoms. The molecule has 2 aromatic rings. The smallest absolute Gasteiger partial charge is 0.652 e. The molecule has 0 unspecified atom stereocenters. The van der Waals surface area contributed by atoms with Gasteiger partial charge in [-0.15, -0.1) is 0 Å². The molecule has 27 heavy (non-hydrogen) atoms. The third kappa shape index (κ3) is 13.3. The summed E-state index contributed by atoms with van der Waals surface area (Å²) in [5.74, 6) is 1.25. The number of sulfone groups is 1. The van der Waals surface area contributed by atoms with E-state index in [-0.39, 0.29) is 109 Å². The molecule has 0 amide bonds.